The lowest BCUT2D eigenvalue weighted by atomic mass is 10.1. The third-order valence-electron chi connectivity index (χ3n) is 3.75. The molecule has 4 nitrogen and oxygen atoms in total. The molecule has 0 aliphatic carbocycles. The van der Waals surface area contributed by atoms with Crippen LogP contribution in [0.5, 0.6) is 5.75 Å². The number of methoxy groups -OCH3 is 1. The highest BCUT2D eigenvalue weighted by atomic mass is 32.2. The third kappa shape index (κ3) is 6.28. The standard InChI is InChI=1S/C17H25NO3S/c1-20-15-5-2-14(3-6-15)4-7-17(19)18-10-13-22-16-8-11-21-12-9-16/h2-3,5-6,16H,4,7-13H2,1H3,(H,18,19). The monoisotopic (exact) mass is 323 g/mol. The number of benzene rings is 1. The molecule has 1 saturated heterocycles. The van der Waals surface area contributed by atoms with Gasteiger partial charge >= 0.3 is 0 Å². The summed E-state index contributed by atoms with van der Waals surface area (Å²) in [5, 5.41) is 3.70. The maximum atomic E-state index is 11.8. The van der Waals surface area contributed by atoms with Crippen LogP contribution in [0, 0.1) is 0 Å². The van der Waals surface area contributed by atoms with Crippen molar-refractivity contribution in [3.05, 3.63) is 29.8 Å². The quantitative estimate of drug-likeness (QED) is 0.747. The molecule has 0 unspecified atom stereocenters. The maximum absolute atomic E-state index is 11.8. The Morgan fingerprint density at radius 2 is 2.05 bits per heavy atom. The summed E-state index contributed by atoms with van der Waals surface area (Å²) in [5.74, 6) is 1.96. The van der Waals surface area contributed by atoms with E-state index in [0.717, 1.165) is 56.1 Å². The van der Waals surface area contributed by atoms with Crippen LogP contribution in [-0.4, -0.2) is 43.8 Å². The minimum absolute atomic E-state index is 0.128. The van der Waals surface area contributed by atoms with Gasteiger partial charge in [-0.05, 0) is 37.0 Å². The fourth-order valence-electron chi connectivity index (χ4n) is 2.40. The first-order valence-corrected chi connectivity index (χ1v) is 8.92. The van der Waals surface area contributed by atoms with Gasteiger partial charge in [0.2, 0.25) is 5.91 Å². The first-order valence-electron chi connectivity index (χ1n) is 7.87. The van der Waals surface area contributed by atoms with Crippen molar-refractivity contribution in [1.82, 2.24) is 5.32 Å². The number of hydrogen-bond acceptors (Lipinski definition) is 4. The summed E-state index contributed by atoms with van der Waals surface area (Å²) < 4.78 is 10.5. The van der Waals surface area contributed by atoms with Gasteiger partial charge in [-0.15, -0.1) is 0 Å². The number of rotatable bonds is 8. The van der Waals surface area contributed by atoms with E-state index in [0.29, 0.717) is 11.7 Å². The van der Waals surface area contributed by atoms with Crippen LogP contribution in [0.2, 0.25) is 0 Å². The number of carbonyl (C=O) groups excluding carboxylic acids is 1. The highest BCUT2D eigenvalue weighted by Gasteiger charge is 2.13. The smallest absolute Gasteiger partial charge is 0.220 e. The normalized spacial score (nSPS) is 15.5. The third-order valence-corrected chi connectivity index (χ3v) is 5.13. The zero-order valence-corrected chi connectivity index (χ0v) is 14.0. The van der Waals surface area contributed by atoms with Crippen LogP contribution in [0.1, 0.15) is 24.8 Å². The Kier molecular flexibility index (Phi) is 7.60. The largest absolute Gasteiger partial charge is 0.497 e. The van der Waals surface area contributed by atoms with E-state index in [2.05, 4.69) is 5.32 Å². The van der Waals surface area contributed by atoms with Crippen LogP contribution in [0.3, 0.4) is 0 Å². The molecule has 2 rings (SSSR count). The predicted octanol–water partition coefficient (Wildman–Crippen LogP) is 2.66. The molecule has 5 heteroatoms. The first-order chi connectivity index (χ1) is 10.8. The Bertz CT molecular complexity index is 444. The van der Waals surface area contributed by atoms with Crippen molar-refractivity contribution in [3.8, 4) is 5.75 Å². The van der Waals surface area contributed by atoms with Crippen molar-refractivity contribution in [2.45, 2.75) is 30.9 Å². The molecule has 122 valence electrons. The minimum Gasteiger partial charge on any atom is -0.497 e. The van der Waals surface area contributed by atoms with E-state index in [1.807, 2.05) is 36.0 Å². The molecule has 0 atom stereocenters. The maximum Gasteiger partial charge on any atom is 0.220 e. The van der Waals surface area contributed by atoms with Crippen LogP contribution in [0.15, 0.2) is 24.3 Å². The van der Waals surface area contributed by atoms with Crippen molar-refractivity contribution >= 4 is 17.7 Å². The predicted molar refractivity (Wildman–Crippen MR) is 90.6 cm³/mol. The van der Waals surface area contributed by atoms with Crippen molar-refractivity contribution < 1.29 is 14.3 Å². The fourth-order valence-corrected chi connectivity index (χ4v) is 3.48. The number of carbonyl (C=O) groups is 1. The summed E-state index contributed by atoms with van der Waals surface area (Å²) >= 11 is 1.95. The van der Waals surface area contributed by atoms with Crippen LogP contribution in [-0.2, 0) is 16.0 Å². The minimum atomic E-state index is 0.128. The molecule has 0 saturated carbocycles. The van der Waals surface area contributed by atoms with E-state index >= 15 is 0 Å². The molecule has 1 amide bonds. The number of hydrogen-bond donors (Lipinski definition) is 1. The molecule has 1 N–H and O–H groups in total. The number of ether oxygens (including phenoxy) is 2. The van der Waals surface area contributed by atoms with Gasteiger partial charge in [-0.3, -0.25) is 4.79 Å². The Morgan fingerprint density at radius 3 is 2.73 bits per heavy atom. The molecule has 0 spiro atoms. The highest BCUT2D eigenvalue weighted by Crippen LogP contribution is 2.21. The number of amides is 1. The number of thioether (sulfide) groups is 1. The lowest BCUT2D eigenvalue weighted by Crippen LogP contribution is -2.27. The van der Waals surface area contributed by atoms with Gasteiger partial charge in [-0.25, -0.2) is 0 Å². The molecular weight excluding hydrogens is 298 g/mol. The van der Waals surface area contributed by atoms with Gasteiger partial charge in [0.25, 0.3) is 0 Å². The molecule has 0 aromatic heterocycles. The Hall–Kier alpha value is -1.20. The molecule has 1 aromatic rings. The van der Waals surface area contributed by atoms with E-state index < -0.39 is 0 Å². The first kappa shape index (κ1) is 17.2. The Labute approximate surface area is 137 Å². The summed E-state index contributed by atoms with van der Waals surface area (Å²) in [7, 11) is 1.65. The average Bonchev–Trinajstić information content (AvgIpc) is 2.58. The van der Waals surface area contributed by atoms with E-state index in [9.17, 15) is 4.79 Å². The summed E-state index contributed by atoms with van der Waals surface area (Å²) in [5.41, 5.74) is 1.16. The second-order valence-corrected chi connectivity index (χ2v) is 6.79. The molecule has 0 bridgehead atoms. The molecule has 1 heterocycles. The van der Waals surface area contributed by atoms with Gasteiger partial charge in [0.1, 0.15) is 5.75 Å². The molecule has 0 radical (unpaired) electrons. The van der Waals surface area contributed by atoms with Gasteiger partial charge in [0.15, 0.2) is 0 Å². The molecule has 1 aliphatic rings. The highest BCUT2D eigenvalue weighted by molar-refractivity contribution is 7.99. The van der Waals surface area contributed by atoms with E-state index in [-0.39, 0.29) is 5.91 Å². The zero-order chi connectivity index (χ0) is 15.6. The summed E-state index contributed by atoms with van der Waals surface area (Å²) in [4.78, 5) is 11.8. The van der Waals surface area contributed by atoms with Gasteiger partial charge in [-0.2, -0.15) is 11.8 Å². The summed E-state index contributed by atoms with van der Waals surface area (Å²) in [6, 6.07) is 7.87. The van der Waals surface area contributed by atoms with E-state index in [4.69, 9.17) is 9.47 Å². The summed E-state index contributed by atoms with van der Waals surface area (Å²) in [6.45, 7) is 2.52. The lowest BCUT2D eigenvalue weighted by Gasteiger charge is -2.21. The van der Waals surface area contributed by atoms with Crippen LogP contribution < -0.4 is 10.1 Å². The van der Waals surface area contributed by atoms with Gasteiger partial charge in [0, 0.05) is 37.2 Å². The van der Waals surface area contributed by atoms with Crippen LogP contribution in [0.4, 0.5) is 0 Å². The van der Waals surface area contributed by atoms with E-state index in [1.54, 1.807) is 7.11 Å². The Morgan fingerprint density at radius 1 is 1.32 bits per heavy atom. The van der Waals surface area contributed by atoms with Crippen LogP contribution in [0.25, 0.3) is 0 Å². The Balaban J connectivity index is 1.55. The van der Waals surface area contributed by atoms with Crippen molar-refractivity contribution in [2.75, 3.05) is 32.6 Å². The molecule has 1 aliphatic heterocycles. The summed E-state index contributed by atoms with van der Waals surface area (Å²) in [6.07, 6.45) is 3.57. The SMILES string of the molecule is COc1ccc(CCC(=O)NCCSC2CCOCC2)cc1. The van der Waals surface area contributed by atoms with E-state index in [1.165, 1.54) is 0 Å². The number of nitrogens with one attached hydrogen (secondary N) is 1. The molecular formula is C17H25NO3S. The zero-order valence-electron chi connectivity index (χ0n) is 13.2. The topological polar surface area (TPSA) is 47.6 Å². The van der Waals surface area contributed by atoms with Crippen LogP contribution >= 0.6 is 11.8 Å². The van der Waals surface area contributed by atoms with Crippen molar-refractivity contribution in [3.63, 3.8) is 0 Å². The number of aryl methyl sites for hydroxylation is 1. The molecule has 1 fully saturated rings. The van der Waals surface area contributed by atoms with Gasteiger partial charge in [0.05, 0.1) is 7.11 Å². The van der Waals surface area contributed by atoms with Crippen molar-refractivity contribution in [2.24, 2.45) is 0 Å². The fraction of sp³-hybridized carbons (Fsp3) is 0.588. The van der Waals surface area contributed by atoms with Crippen molar-refractivity contribution in [1.29, 1.82) is 0 Å². The average molecular weight is 323 g/mol. The van der Waals surface area contributed by atoms with Gasteiger partial charge in [-0.1, -0.05) is 12.1 Å². The van der Waals surface area contributed by atoms with Gasteiger partial charge < -0.3 is 14.8 Å². The molecule has 1 aromatic carbocycles. The molecule has 22 heavy (non-hydrogen) atoms. The second-order valence-electron chi connectivity index (χ2n) is 5.38. The lowest BCUT2D eigenvalue weighted by molar-refractivity contribution is -0.120. The second kappa shape index (κ2) is 9.74.